The lowest BCUT2D eigenvalue weighted by Gasteiger charge is -1.99. The van der Waals surface area contributed by atoms with Gasteiger partial charge in [-0.25, -0.2) is 0 Å². The second-order valence-electron chi connectivity index (χ2n) is 5.93. The van der Waals surface area contributed by atoms with Gasteiger partial charge in [0.1, 0.15) is 0 Å². The Kier molecular flexibility index (Phi) is 26.6. The van der Waals surface area contributed by atoms with Crippen LogP contribution >= 0.6 is 8.60 Å². The fourth-order valence-corrected chi connectivity index (χ4v) is 2.36. The van der Waals surface area contributed by atoms with E-state index in [1.165, 1.54) is 83.5 Å². The Morgan fingerprint density at radius 3 is 1.35 bits per heavy atom. The first kappa shape index (κ1) is 25.3. The molecule has 0 aliphatic carbocycles. The van der Waals surface area contributed by atoms with Crippen LogP contribution in [0.3, 0.4) is 0 Å². The van der Waals surface area contributed by atoms with Crippen LogP contribution in [0.5, 0.6) is 0 Å². The summed E-state index contributed by atoms with van der Waals surface area (Å²) in [5.74, 6) is 0. The molecule has 0 aliphatic rings. The highest BCUT2D eigenvalue weighted by atomic mass is 31.2. The van der Waals surface area contributed by atoms with Crippen molar-refractivity contribution >= 4 is 8.60 Å². The van der Waals surface area contributed by atoms with Crippen LogP contribution in [-0.4, -0.2) is 26.4 Å². The lowest BCUT2D eigenvalue weighted by atomic mass is 10.1. The molecule has 0 radical (unpaired) electrons. The van der Waals surface area contributed by atoms with Gasteiger partial charge in [0, 0.05) is 6.61 Å². The van der Waals surface area contributed by atoms with E-state index in [9.17, 15) is 0 Å². The number of unbranched alkanes of at least 4 members (excludes halogenated alkanes) is 12. The fraction of sp³-hybridized carbons (Fsp3) is 0.889. The van der Waals surface area contributed by atoms with E-state index in [0.717, 1.165) is 6.42 Å². The third-order valence-corrected chi connectivity index (χ3v) is 3.67. The molecule has 0 rings (SSSR count). The Labute approximate surface area is 144 Å². The lowest BCUT2D eigenvalue weighted by Crippen LogP contribution is -1.83. The van der Waals surface area contributed by atoms with Crippen molar-refractivity contribution in [3.05, 3.63) is 12.2 Å². The highest BCUT2D eigenvalue weighted by Crippen LogP contribution is 2.11. The largest absolute Gasteiger partial charge is 0.396 e. The molecule has 0 spiro atoms. The second-order valence-corrected chi connectivity index (χ2v) is 6.47. The monoisotopic (exact) mass is 350 g/mol. The predicted molar refractivity (Wildman–Crippen MR) is 100 cm³/mol. The van der Waals surface area contributed by atoms with Gasteiger partial charge in [-0.15, -0.1) is 0 Å². The molecule has 23 heavy (non-hydrogen) atoms. The van der Waals surface area contributed by atoms with Crippen LogP contribution in [0, 0.1) is 0 Å². The molecular weight excluding hydrogens is 311 g/mol. The zero-order valence-corrected chi connectivity index (χ0v) is 15.9. The SMILES string of the molecule is CCCCCCCCC=CCCCCCCCCO.OP(O)O. The van der Waals surface area contributed by atoms with Crippen molar-refractivity contribution in [1.29, 1.82) is 0 Å². The van der Waals surface area contributed by atoms with Gasteiger partial charge in [0.25, 0.3) is 0 Å². The molecule has 5 heteroatoms. The van der Waals surface area contributed by atoms with Gasteiger partial charge in [0.15, 0.2) is 0 Å². The number of hydrogen-bond acceptors (Lipinski definition) is 4. The maximum atomic E-state index is 8.66. The molecule has 0 fully saturated rings. The Morgan fingerprint density at radius 1 is 0.609 bits per heavy atom. The molecule has 0 atom stereocenters. The Balaban J connectivity index is 0. The minimum Gasteiger partial charge on any atom is -0.396 e. The van der Waals surface area contributed by atoms with E-state index < -0.39 is 8.60 Å². The average Bonchev–Trinajstić information content (AvgIpc) is 2.50. The van der Waals surface area contributed by atoms with Crippen LogP contribution in [0.2, 0.25) is 0 Å². The lowest BCUT2D eigenvalue weighted by molar-refractivity contribution is 0.282. The van der Waals surface area contributed by atoms with Crippen molar-refractivity contribution in [3.63, 3.8) is 0 Å². The zero-order valence-electron chi connectivity index (χ0n) is 15.0. The number of hydrogen-bond donors (Lipinski definition) is 4. The Bertz CT molecular complexity index is 220. The summed E-state index contributed by atoms with van der Waals surface area (Å²) >= 11 is 0. The summed E-state index contributed by atoms with van der Waals surface area (Å²) in [7, 11) is -2.62. The molecule has 0 bridgehead atoms. The summed E-state index contributed by atoms with van der Waals surface area (Å²) in [4.78, 5) is 21.7. The molecule has 140 valence electrons. The van der Waals surface area contributed by atoms with Crippen molar-refractivity contribution < 1.29 is 19.8 Å². The second kappa shape index (κ2) is 24.3. The van der Waals surface area contributed by atoms with E-state index >= 15 is 0 Å². The van der Waals surface area contributed by atoms with Gasteiger partial charge in [-0.05, 0) is 32.1 Å². The molecule has 0 saturated heterocycles. The summed E-state index contributed by atoms with van der Waals surface area (Å²) in [6, 6.07) is 0. The zero-order chi connectivity index (χ0) is 17.6. The highest BCUT2D eigenvalue weighted by molar-refractivity contribution is 7.38. The normalized spacial score (nSPS) is 11.0. The summed E-state index contributed by atoms with van der Waals surface area (Å²) in [6.45, 7) is 2.64. The average molecular weight is 350 g/mol. The van der Waals surface area contributed by atoms with Gasteiger partial charge in [-0.3, -0.25) is 0 Å². The van der Waals surface area contributed by atoms with Crippen LogP contribution in [-0.2, 0) is 0 Å². The molecule has 4 nitrogen and oxygen atoms in total. The maximum Gasteiger partial charge on any atom is 0.324 e. The van der Waals surface area contributed by atoms with Gasteiger partial charge < -0.3 is 19.8 Å². The first-order valence-electron chi connectivity index (χ1n) is 9.27. The molecule has 0 aromatic carbocycles. The molecule has 0 aromatic rings. The van der Waals surface area contributed by atoms with Crippen molar-refractivity contribution in [2.24, 2.45) is 0 Å². The van der Waals surface area contributed by atoms with Crippen molar-refractivity contribution in [1.82, 2.24) is 0 Å². The molecular formula is C18H39O4P. The molecule has 4 N–H and O–H groups in total. The van der Waals surface area contributed by atoms with Gasteiger partial charge in [0.2, 0.25) is 0 Å². The van der Waals surface area contributed by atoms with Crippen LogP contribution in [0.15, 0.2) is 12.2 Å². The quantitative estimate of drug-likeness (QED) is 0.186. The van der Waals surface area contributed by atoms with E-state index in [4.69, 9.17) is 19.8 Å². The van der Waals surface area contributed by atoms with Crippen LogP contribution in [0.4, 0.5) is 0 Å². The van der Waals surface area contributed by atoms with Gasteiger partial charge >= 0.3 is 8.60 Å². The van der Waals surface area contributed by atoms with Gasteiger partial charge in [-0.2, -0.15) is 0 Å². The molecule has 0 saturated carbocycles. The van der Waals surface area contributed by atoms with Crippen LogP contribution in [0.1, 0.15) is 96.8 Å². The predicted octanol–water partition coefficient (Wildman–Crippen LogP) is 5.21. The third kappa shape index (κ3) is 34.4. The number of allylic oxidation sites excluding steroid dienone is 2. The third-order valence-electron chi connectivity index (χ3n) is 3.67. The van der Waals surface area contributed by atoms with Gasteiger partial charge in [-0.1, -0.05) is 76.9 Å². The number of aliphatic hydroxyl groups is 1. The van der Waals surface area contributed by atoms with E-state index in [1.807, 2.05) is 0 Å². The molecule has 0 heterocycles. The molecule has 0 unspecified atom stereocenters. The van der Waals surface area contributed by atoms with E-state index in [0.29, 0.717) is 6.61 Å². The first-order chi connectivity index (χ1) is 11.1. The Hall–Kier alpha value is 0.0100. The fourth-order valence-electron chi connectivity index (χ4n) is 2.36. The Morgan fingerprint density at radius 2 is 0.957 bits per heavy atom. The summed E-state index contributed by atoms with van der Waals surface area (Å²) in [5, 5.41) is 8.66. The van der Waals surface area contributed by atoms with Crippen molar-refractivity contribution in [2.45, 2.75) is 96.8 Å². The molecule has 0 amide bonds. The van der Waals surface area contributed by atoms with E-state index in [-0.39, 0.29) is 0 Å². The summed E-state index contributed by atoms with van der Waals surface area (Å²) in [6.07, 6.45) is 23.2. The van der Waals surface area contributed by atoms with Crippen LogP contribution < -0.4 is 0 Å². The topological polar surface area (TPSA) is 80.9 Å². The maximum absolute atomic E-state index is 8.66. The first-order valence-corrected chi connectivity index (χ1v) is 10.5. The molecule has 0 aliphatic heterocycles. The van der Waals surface area contributed by atoms with E-state index in [2.05, 4.69) is 19.1 Å². The smallest absolute Gasteiger partial charge is 0.324 e. The van der Waals surface area contributed by atoms with Crippen molar-refractivity contribution in [2.75, 3.05) is 6.61 Å². The minimum absolute atomic E-state index is 0.362. The highest BCUT2D eigenvalue weighted by Gasteiger charge is 1.90. The van der Waals surface area contributed by atoms with Gasteiger partial charge in [0.05, 0.1) is 0 Å². The standard InChI is InChI=1S/C18H36O.H3O3P/c1-2-3-4-5-6-7-8-9-10-11-12-13-14-15-16-17-18-19;1-4(2)3/h9-10,19H,2-8,11-18H2,1H3;1-3H. The van der Waals surface area contributed by atoms with E-state index in [1.54, 1.807) is 0 Å². The van der Waals surface area contributed by atoms with Crippen LogP contribution in [0.25, 0.3) is 0 Å². The number of aliphatic hydroxyl groups excluding tert-OH is 1. The minimum atomic E-state index is -2.62. The molecule has 0 aromatic heterocycles. The summed E-state index contributed by atoms with van der Waals surface area (Å²) in [5.41, 5.74) is 0. The number of rotatable bonds is 15. The van der Waals surface area contributed by atoms with Crippen molar-refractivity contribution in [3.8, 4) is 0 Å². The summed E-state index contributed by atoms with van der Waals surface area (Å²) < 4.78 is 0.